The van der Waals surface area contributed by atoms with Crippen LogP contribution in [-0.2, 0) is 0 Å². The second-order valence-electron chi connectivity index (χ2n) is 6.07. The molecule has 1 N–H and O–H groups in total. The standard InChI is InChI=1S/C14H21N5O2S/c1-10-4-3-5-17(9-10)11(2)8-15-12-13(19(20)21)18-6-7-22-14(18)16-12/h6-7,10-11,15H,3-5,8-9H2,1-2H3. The minimum absolute atomic E-state index is 0.0236. The lowest BCUT2D eigenvalue weighted by molar-refractivity contribution is -0.389. The van der Waals surface area contributed by atoms with E-state index in [-0.39, 0.29) is 10.7 Å². The van der Waals surface area contributed by atoms with Gasteiger partial charge >= 0.3 is 5.82 Å². The van der Waals surface area contributed by atoms with Gasteiger partial charge in [-0.25, -0.2) is 0 Å². The van der Waals surface area contributed by atoms with Gasteiger partial charge in [-0.05, 0) is 37.2 Å². The van der Waals surface area contributed by atoms with Gasteiger partial charge in [0.2, 0.25) is 5.82 Å². The van der Waals surface area contributed by atoms with Crippen LogP contribution >= 0.6 is 11.3 Å². The number of thiazole rings is 1. The van der Waals surface area contributed by atoms with E-state index in [1.165, 1.54) is 28.6 Å². The van der Waals surface area contributed by atoms with Crippen molar-refractivity contribution in [2.45, 2.75) is 32.7 Å². The van der Waals surface area contributed by atoms with Crippen LogP contribution in [0.1, 0.15) is 26.7 Å². The Hall–Kier alpha value is -1.67. The first-order valence-corrected chi connectivity index (χ1v) is 8.52. The van der Waals surface area contributed by atoms with Crippen molar-refractivity contribution in [2.24, 2.45) is 5.92 Å². The number of rotatable bonds is 5. The molecule has 2 aromatic rings. The summed E-state index contributed by atoms with van der Waals surface area (Å²) in [5.41, 5.74) is 0. The maximum Gasteiger partial charge on any atom is 0.372 e. The molecule has 0 spiro atoms. The lowest BCUT2D eigenvalue weighted by atomic mass is 9.99. The minimum atomic E-state index is -0.372. The van der Waals surface area contributed by atoms with E-state index in [2.05, 4.69) is 29.0 Å². The first-order valence-electron chi connectivity index (χ1n) is 7.64. The fourth-order valence-corrected chi connectivity index (χ4v) is 3.78. The Morgan fingerprint density at radius 3 is 3.18 bits per heavy atom. The molecule has 120 valence electrons. The van der Waals surface area contributed by atoms with Crippen LogP contribution < -0.4 is 5.32 Å². The minimum Gasteiger partial charge on any atom is -0.361 e. The Kier molecular flexibility index (Phi) is 4.30. The third-order valence-electron chi connectivity index (χ3n) is 4.29. The summed E-state index contributed by atoms with van der Waals surface area (Å²) in [5.74, 6) is 1.12. The van der Waals surface area contributed by atoms with Gasteiger partial charge in [0.15, 0.2) is 0 Å². The second-order valence-corrected chi connectivity index (χ2v) is 6.94. The fourth-order valence-electron chi connectivity index (χ4n) is 3.07. The number of fused-ring (bicyclic) bond motifs is 1. The zero-order valence-electron chi connectivity index (χ0n) is 12.9. The molecule has 0 radical (unpaired) electrons. The SMILES string of the molecule is CC1CCCN(C(C)CNc2nc3sccn3c2[N+](=O)[O-])C1. The highest BCUT2D eigenvalue weighted by molar-refractivity contribution is 7.15. The zero-order chi connectivity index (χ0) is 15.7. The second kappa shape index (κ2) is 6.21. The summed E-state index contributed by atoms with van der Waals surface area (Å²) in [6.45, 7) is 7.31. The topological polar surface area (TPSA) is 75.7 Å². The molecule has 7 nitrogen and oxygen atoms in total. The Labute approximate surface area is 133 Å². The molecule has 1 saturated heterocycles. The molecule has 2 unspecified atom stereocenters. The van der Waals surface area contributed by atoms with Gasteiger partial charge < -0.3 is 15.4 Å². The quantitative estimate of drug-likeness (QED) is 0.676. The summed E-state index contributed by atoms with van der Waals surface area (Å²) in [5, 5.41) is 16.3. The van der Waals surface area contributed by atoms with E-state index in [9.17, 15) is 10.1 Å². The van der Waals surface area contributed by atoms with Gasteiger partial charge in [0, 0.05) is 24.5 Å². The number of anilines is 1. The van der Waals surface area contributed by atoms with Crippen LogP contribution in [0.2, 0.25) is 0 Å². The van der Waals surface area contributed by atoms with Crippen LogP contribution in [0.4, 0.5) is 11.6 Å². The molecule has 2 atom stereocenters. The molecule has 22 heavy (non-hydrogen) atoms. The molecule has 0 aromatic carbocycles. The van der Waals surface area contributed by atoms with E-state index >= 15 is 0 Å². The van der Waals surface area contributed by atoms with Crippen molar-refractivity contribution in [1.29, 1.82) is 0 Å². The van der Waals surface area contributed by atoms with Crippen molar-refractivity contribution in [1.82, 2.24) is 14.3 Å². The van der Waals surface area contributed by atoms with Crippen molar-refractivity contribution in [3.8, 4) is 0 Å². The summed E-state index contributed by atoms with van der Waals surface area (Å²) in [7, 11) is 0. The Balaban J connectivity index is 1.69. The van der Waals surface area contributed by atoms with E-state index in [0.29, 0.717) is 23.4 Å². The average Bonchev–Trinajstić information content (AvgIpc) is 3.04. The van der Waals surface area contributed by atoms with Gasteiger partial charge in [-0.1, -0.05) is 18.3 Å². The predicted molar refractivity (Wildman–Crippen MR) is 87.6 cm³/mol. The van der Waals surface area contributed by atoms with Gasteiger partial charge in [-0.15, -0.1) is 0 Å². The lowest BCUT2D eigenvalue weighted by Gasteiger charge is -2.35. The highest BCUT2D eigenvalue weighted by atomic mass is 32.1. The Bertz CT molecular complexity index is 667. The number of aromatic nitrogens is 2. The van der Waals surface area contributed by atoms with Crippen LogP contribution in [0.25, 0.3) is 4.96 Å². The molecule has 0 bridgehead atoms. The first kappa shape index (κ1) is 15.2. The van der Waals surface area contributed by atoms with Gasteiger partial charge in [0.1, 0.15) is 6.20 Å². The molecular weight excluding hydrogens is 302 g/mol. The van der Waals surface area contributed by atoms with Crippen molar-refractivity contribution in [3.63, 3.8) is 0 Å². The van der Waals surface area contributed by atoms with Gasteiger partial charge in [0.25, 0.3) is 4.96 Å². The molecule has 8 heteroatoms. The summed E-state index contributed by atoms with van der Waals surface area (Å²) < 4.78 is 1.53. The van der Waals surface area contributed by atoms with E-state index in [1.807, 2.05) is 0 Å². The third kappa shape index (κ3) is 2.93. The zero-order valence-corrected chi connectivity index (χ0v) is 13.7. The number of nitrogens with one attached hydrogen (secondary N) is 1. The molecule has 1 aliphatic heterocycles. The summed E-state index contributed by atoms with van der Waals surface area (Å²) in [4.78, 5) is 18.3. The maximum atomic E-state index is 11.3. The first-order chi connectivity index (χ1) is 10.6. The number of hydrogen-bond acceptors (Lipinski definition) is 6. The Morgan fingerprint density at radius 1 is 1.64 bits per heavy atom. The van der Waals surface area contributed by atoms with E-state index in [1.54, 1.807) is 11.6 Å². The summed E-state index contributed by atoms with van der Waals surface area (Å²) in [6.07, 6.45) is 4.21. The van der Waals surface area contributed by atoms with Crippen LogP contribution in [0.5, 0.6) is 0 Å². The predicted octanol–water partition coefficient (Wildman–Crippen LogP) is 2.84. The lowest BCUT2D eigenvalue weighted by Crippen LogP contribution is -2.43. The molecule has 3 heterocycles. The summed E-state index contributed by atoms with van der Waals surface area (Å²) in [6, 6.07) is 0.335. The van der Waals surface area contributed by atoms with E-state index < -0.39 is 0 Å². The molecule has 1 aliphatic rings. The highest BCUT2D eigenvalue weighted by Gasteiger charge is 2.25. The number of imidazole rings is 1. The number of piperidine rings is 1. The monoisotopic (exact) mass is 323 g/mol. The van der Waals surface area contributed by atoms with Crippen LogP contribution in [0.3, 0.4) is 0 Å². The number of nitrogens with zero attached hydrogens (tertiary/aromatic N) is 4. The van der Waals surface area contributed by atoms with Gasteiger partial charge in [0.05, 0.1) is 0 Å². The van der Waals surface area contributed by atoms with E-state index in [0.717, 1.165) is 19.0 Å². The van der Waals surface area contributed by atoms with Crippen molar-refractivity contribution in [2.75, 3.05) is 25.0 Å². The fraction of sp³-hybridized carbons (Fsp3) is 0.643. The van der Waals surface area contributed by atoms with Gasteiger partial charge in [-0.2, -0.15) is 9.38 Å². The van der Waals surface area contributed by atoms with Crippen LogP contribution in [-0.4, -0.2) is 44.9 Å². The summed E-state index contributed by atoms with van der Waals surface area (Å²) >= 11 is 1.40. The largest absolute Gasteiger partial charge is 0.372 e. The van der Waals surface area contributed by atoms with Crippen LogP contribution in [0, 0.1) is 16.0 Å². The average molecular weight is 323 g/mol. The van der Waals surface area contributed by atoms with Gasteiger partial charge in [-0.3, -0.25) is 4.90 Å². The Morgan fingerprint density at radius 2 is 2.45 bits per heavy atom. The van der Waals surface area contributed by atoms with E-state index in [4.69, 9.17) is 0 Å². The maximum absolute atomic E-state index is 11.3. The smallest absolute Gasteiger partial charge is 0.361 e. The molecule has 2 aromatic heterocycles. The number of likely N-dealkylation sites (tertiary alicyclic amines) is 1. The molecular formula is C14H21N5O2S. The molecule has 3 rings (SSSR count). The molecule has 0 aliphatic carbocycles. The number of nitro groups is 1. The molecule has 1 fully saturated rings. The van der Waals surface area contributed by atoms with Crippen molar-refractivity contribution in [3.05, 3.63) is 21.7 Å². The van der Waals surface area contributed by atoms with Crippen molar-refractivity contribution >= 4 is 27.9 Å². The highest BCUT2D eigenvalue weighted by Crippen LogP contribution is 2.28. The normalized spacial score (nSPS) is 21.1. The molecule has 0 amide bonds. The third-order valence-corrected chi connectivity index (χ3v) is 5.04. The van der Waals surface area contributed by atoms with Crippen molar-refractivity contribution < 1.29 is 4.92 Å². The molecule has 0 saturated carbocycles. The van der Waals surface area contributed by atoms with Crippen LogP contribution in [0.15, 0.2) is 11.6 Å². The number of hydrogen-bond donors (Lipinski definition) is 1.